The average Bonchev–Trinajstić information content (AvgIpc) is 2.73. The fraction of sp³-hybridized carbons (Fsp3) is 0.435. The van der Waals surface area contributed by atoms with E-state index in [9.17, 15) is 4.79 Å². The Hall–Kier alpha value is -2.21. The molecule has 1 amide bonds. The number of hydrogen-bond donors (Lipinski definition) is 1. The summed E-state index contributed by atoms with van der Waals surface area (Å²) in [5.74, 6) is -0.255. The van der Waals surface area contributed by atoms with Gasteiger partial charge in [0.1, 0.15) is 0 Å². The third kappa shape index (κ3) is 7.08. The van der Waals surface area contributed by atoms with Gasteiger partial charge in [0.15, 0.2) is 6.29 Å². The van der Waals surface area contributed by atoms with E-state index in [1.54, 1.807) is 0 Å². The van der Waals surface area contributed by atoms with E-state index in [2.05, 4.69) is 0 Å². The van der Waals surface area contributed by atoms with E-state index in [-0.39, 0.29) is 11.8 Å². The fourth-order valence-electron chi connectivity index (χ4n) is 3.17. The summed E-state index contributed by atoms with van der Waals surface area (Å²) in [5.41, 5.74) is 8.17. The molecule has 0 radical (unpaired) electrons. The van der Waals surface area contributed by atoms with Crippen LogP contribution in [-0.4, -0.2) is 43.4 Å². The Labute approximate surface area is 168 Å². The Kier molecular flexibility index (Phi) is 9.69. The van der Waals surface area contributed by atoms with E-state index in [0.717, 1.165) is 11.1 Å². The van der Waals surface area contributed by atoms with Gasteiger partial charge in [-0.05, 0) is 31.4 Å². The van der Waals surface area contributed by atoms with Gasteiger partial charge in [0.2, 0.25) is 5.91 Å². The van der Waals surface area contributed by atoms with Crippen molar-refractivity contribution in [2.75, 3.05) is 26.3 Å². The van der Waals surface area contributed by atoms with Gasteiger partial charge in [-0.3, -0.25) is 4.79 Å². The summed E-state index contributed by atoms with van der Waals surface area (Å²) in [5, 5.41) is 0. The second-order valence-electron chi connectivity index (χ2n) is 6.67. The highest BCUT2D eigenvalue weighted by Gasteiger charge is 2.26. The normalized spacial score (nSPS) is 12.1. The van der Waals surface area contributed by atoms with Crippen LogP contribution in [0, 0.1) is 5.92 Å². The predicted molar refractivity (Wildman–Crippen MR) is 112 cm³/mol. The van der Waals surface area contributed by atoms with Crippen LogP contribution in [0.5, 0.6) is 0 Å². The number of ether oxygens (including phenoxy) is 2. The zero-order valence-electron chi connectivity index (χ0n) is 16.9. The van der Waals surface area contributed by atoms with Crippen LogP contribution >= 0.6 is 0 Å². The topological polar surface area (TPSA) is 64.8 Å². The first kappa shape index (κ1) is 22.1. The minimum atomic E-state index is -0.446. The molecule has 1 atom stereocenters. The molecule has 2 aromatic rings. The highest BCUT2D eigenvalue weighted by molar-refractivity contribution is 5.79. The Balaban J connectivity index is 2.17. The molecule has 2 aromatic carbocycles. The molecule has 0 heterocycles. The van der Waals surface area contributed by atoms with Crippen molar-refractivity contribution in [2.24, 2.45) is 11.7 Å². The number of hydrogen-bond acceptors (Lipinski definition) is 4. The Bertz CT molecular complexity index is 673. The summed E-state index contributed by atoms with van der Waals surface area (Å²) in [6.45, 7) is 6.08. The molecular weight excluding hydrogens is 352 g/mol. The zero-order valence-corrected chi connectivity index (χ0v) is 16.9. The molecular formula is C23H32N2O3. The maximum atomic E-state index is 13.4. The second-order valence-corrected chi connectivity index (χ2v) is 6.67. The van der Waals surface area contributed by atoms with Gasteiger partial charge < -0.3 is 20.1 Å². The lowest BCUT2D eigenvalue weighted by Gasteiger charge is -2.30. The second kappa shape index (κ2) is 12.3. The molecule has 28 heavy (non-hydrogen) atoms. The minimum Gasteiger partial charge on any atom is -0.351 e. The van der Waals surface area contributed by atoms with E-state index in [0.29, 0.717) is 39.3 Å². The van der Waals surface area contributed by atoms with Gasteiger partial charge in [-0.15, -0.1) is 0 Å². The highest BCUT2D eigenvalue weighted by atomic mass is 16.7. The van der Waals surface area contributed by atoms with Gasteiger partial charge in [0.25, 0.3) is 0 Å². The van der Waals surface area contributed by atoms with Crippen molar-refractivity contribution in [3.63, 3.8) is 0 Å². The maximum absolute atomic E-state index is 13.4. The van der Waals surface area contributed by atoms with Gasteiger partial charge in [-0.2, -0.15) is 0 Å². The molecule has 5 heteroatoms. The molecule has 0 spiro atoms. The molecule has 0 fully saturated rings. The molecule has 0 saturated heterocycles. The lowest BCUT2D eigenvalue weighted by Crippen LogP contribution is -2.44. The summed E-state index contributed by atoms with van der Waals surface area (Å²) in [4.78, 5) is 15.2. The fourth-order valence-corrected chi connectivity index (χ4v) is 3.17. The average molecular weight is 385 g/mol. The Morgan fingerprint density at radius 3 is 1.96 bits per heavy atom. The summed E-state index contributed by atoms with van der Waals surface area (Å²) in [6, 6.07) is 20.0. The van der Waals surface area contributed by atoms with E-state index < -0.39 is 6.29 Å². The van der Waals surface area contributed by atoms with Gasteiger partial charge in [-0.1, -0.05) is 60.7 Å². The van der Waals surface area contributed by atoms with Crippen molar-refractivity contribution in [1.82, 2.24) is 4.90 Å². The molecule has 0 bridgehead atoms. The number of benzene rings is 2. The maximum Gasteiger partial charge on any atom is 0.227 e. The standard InChI is InChI=1S/C23H32N2O3/c1-3-27-22(28-4-2)18-25(17-20-13-9-6-10-14-20)23(26)21(16-24)15-19-11-7-5-8-12-19/h5-14,21-22H,3-4,15-18,24H2,1-2H3/t21-/m1/s1. The molecule has 0 saturated carbocycles. The number of rotatable bonds is 12. The van der Waals surface area contributed by atoms with E-state index >= 15 is 0 Å². The van der Waals surface area contributed by atoms with E-state index in [1.165, 1.54) is 0 Å². The van der Waals surface area contributed by atoms with Crippen molar-refractivity contribution in [3.8, 4) is 0 Å². The summed E-state index contributed by atoms with van der Waals surface area (Å²) >= 11 is 0. The summed E-state index contributed by atoms with van der Waals surface area (Å²) in [6.07, 6.45) is 0.174. The van der Waals surface area contributed by atoms with Crippen molar-refractivity contribution >= 4 is 5.91 Å². The van der Waals surface area contributed by atoms with Crippen LogP contribution in [-0.2, 0) is 27.2 Å². The van der Waals surface area contributed by atoms with Gasteiger partial charge in [0.05, 0.1) is 12.5 Å². The molecule has 5 nitrogen and oxygen atoms in total. The first-order valence-electron chi connectivity index (χ1n) is 9.97. The molecule has 152 valence electrons. The van der Waals surface area contributed by atoms with Crippen molar-refractivity contribution in [1.29, 1.82) is 0 Å². The van der Waals surface area contributed by atoms with Crippen molar-refractivity contribution in [3.05, 3.63) is 71.8 Å². The Morgan fingerprint density at radius 1 is 0.929 bits per heavy atom. The van der Waals surface area contributed by atoms with Gasteiger partial charge >= 0.3 is 0 Å². The number of amides is 1. The summed E-state index contributed by atoms with van der Waals surface area (Å²) in [7, 11) is 0. The van der Waals surface area contributed by atoms with Gasteiger partial charge in [-0.25, -0.2) is 0 Å². The first-order chi connectivity index (χ1) is 13.7. The number of carbonyl (C=O) groups is 1. The molecule has 0 aliphatic heterocycles. The summed E-state index contributed by atoms with van der Waals surface area (Å²) < 4.78 is 11.4. The third-order valence-electron chi connectivity index (χ3n) is 4.56. The molecule has 2 N–H and O–H groups in total. The van der Waals surface area contributed by atoms with Crippen LogP contribution < -0.4 is 5.73 Å². The molecule has 2 rings (SSSR count). The van der Waals surface area contributed by atoms with Crippen LogP contribution in [0.25, 0.3) is 0 Å². The molecule has 0 unspecified atom stereocenters. The van der Waals surface area contributed by atoms with Crippen LogP contribution in [0.2, 0.25) is 0 Å². The smallest absolute Gasteiger partial charge is 0.227 e. The first-order valence-corrected chi connectivity index (χ1v) is 9.97. The van der Waals surface area contributed by atoms with E-state index in [4.69, 9.17) is 15.2 Å². The molecule has 0 aliphatic carbocycles. The van der Waals surface area contributed by atoms with Crippen molar-refractivity contribution in [2.45, 2.75) is 33.1 Å². The van der Waals surface area contributed by atoms with Crippen molar-refractivity contribution < 1.29 is 14.3 Å². The third-order valence-corrected chi connectivity index (χ3v) is 4.56. The minimum absolute atomic E-state index is 0.0274. The van der Waals surface area contributed by atoms with Crippen LogP contribution in [0.4, 0.5) is 0 Å². The number of nitrogens with two attached hydrogens (primary N) is 1. The Morgan fingerprint density at radius 2 is 1.46 bits per heavy atom. The lowest BCUT2D eigenvalue weighted by molar-refractivity contribution is -0.162. The molecule has 0 aliphatic rings. The number of carbonyl (C=O) groups excluding carboxylic acids is 1. The largest absolute Gasteiger partial charge is 0.351 e. The van der Waals surface area contributed by atoms with Gasteiger partial charge in [0, 0.05) is 26.3 Å². The monoisotopic (exact) mass is 384 g/mol. The highest BCUT2D eigenvalue weighted by Crippen LogP contribution is 2.15. The van der Waals surface area contributed by atoms with Crippen LogP contribution in [0.1, 0.15) is 25.0 Å². The van der Waals surface area contributed by atoms with Crippen LogP contribution in [0.3, 0.4) is 0 Å². The van der Waals surface area contributed by atoms with Crippen LogP contribution in [0.15, 0.2) is 60.7 Å². The SMILES string of the molecule is CCOC(CN(Cc1ccccc1)C(=O)[C@@H](CN)Cc1ccccc1)OCC. The predicted octanol–water partition coefficient (Wildman–Crippen LogP) is 3.23. The van der Waals surface area contributed by atoms with E-state index in [1.807, 2.05) is 79.4 Å². The zero-order chi connectivity index (χ0) is 20.2. The molecule has 0 aromatic heterocycles. The lowest BCUT2D eigenvalue weighted by atomic mass is 9.97. The number of nitrogens with zero attached hydrogens (tertiary/aromatic N) is 1. The quantitative estimate of drug-likeness (QED) is 0.571.